The summed E-state index contributed by atoms with van der Waals surface area (Å²) < 4.78 is 11.0. The van der Waals surface area contributed by atoms with Crippen molar-refractivity contribution in [2.24, 2.45) is 0 Å². The van der Waals surface area contributed by atoms with Crippen LogP contribution in [0.15, 0.2) is 16.5 Å². The second-order valence-electron chi connectivity index (χ2n) is 5.96. The van der Waals surface area contributed by atoms with Crippen molar-refractivity contribution in [3.63, 3.8) is 0 Å². The van der Waals surface area contributed by atoms with Gasteiger partial charge in [-0.1, -0.05) is 0 Å². The average Bonchev–Trinajstić information content (AvgIpc) is 3.21. The quantitative estimate of drug-likeness (QED) is 0.847. The number of ether oxygens (including phenoxy) is 1. The number of furan rings is 1. The van der Waals surface area contributed by atoms with Crippen molar-refractivity contribution in [2.45, 2.75) is 19.4 Å². The molecule has 2 fully saturated rings. The van der Waals surface area contributed by atoms with Gasteiger partial charge in [0, 0.05) is 26.2 Å². The summed E-state index contributed by atoms with van der Waals surface area (Å²) in [4.78, 5) is 16.7. The molecular weight excluding hydrogens is 282 g/mol. The number of carbonyl (C=O) groups is 1. The molecule has 1 N–H and O–H groups in total. The Labute approximate surface area is 131 Å². The van der Waals surface area contributed by atoms with E-state index >= 15 is 0 Å². The highest BCUT2D eigenvalue weighted by Gasteiger charge is 2.16. The summed E-state index contributed by atoms with van der Waals surface area (Å²) in [5, 5.41) is 2.92. The Balaban J connectivity index is 1.40. The summed E-state index contributed by atoms with van der Waals surface area (Å²) in [7, 11) is 0. The summed E-state index contributed by atoms with van der Waals surface area (Å²) in [5.74, 6) is 1.16. The third-order valence-corrected chi connectivity index (χ3v) is 4.28. The highest BCUT2D eigenvalue weighted by Crippen LogP contribution is 2.15. The first-order valence-electron chi connectivity index (χ1n) is 8.20. The summed E-state index contributed by atoms with van der Waals surface area (Å²) in [6.07, 6.45) is 2.52. The Hall–Kier alpha value is -1.37. The van der Waals surface area contributed by atoms with Crippen molar-refractivity contribution in [1.82, 2.24) is 15.1 Å². The molecule has 1 aromatic rings. The smallest absolute Gasteiger partial charge is 0.287 e. The molecule has 0 radical (unpaired) electrons. The van der Waals surface area contributed by atoms with Crippen LogP contribution in [0.2, 0.25) is 0 Å². The molecule has 0 aromatic carbocycles. The molecule has 1 aromatic heterocycles. The fourth-order valence-corrected chi connectivity index (χ4v) is 2.99. The van der Waals surface area contributed by atoms with Gasteiger partial charge in [-0.3, -0.25) is 14.6 Å². The molecule has 2 aliphatic rings. The van der Waals surface area contributed by atoms with E-state index in [9.17, 15) is 4.79 Å². The molecule has 6 nitrogen and oxygen atoms in total. The van der Waals surface area contributed by atoms with Crippen LogP contribution in [-0.2, 0) is 11.3 Å². The molecule has 22 heavy (non-hydrogen) atoms. The lowest BCUT2D eigenvalue weighted by Crippen LogP contribution is -2.41. The second kappa shape index (κ2) is 7.76. The van der Waals surface area contributed by atoms with Gasteiger partial charge in [0.2, 0.25) is 0 Å². The number of amides is 1. The van der Waals surface area contributed by atoms with E-state index in [1.165, 1.54) is 12.8 Å². The summed E-state index contributed by atoms with van der Waals surface area (Å²) in [6, 6.07) is 3.69. The minimum atomic E-state index is -0.124. The summed E-state index contributed by atoms with van der Waals surface area (Å²) in [6.45, 7) is 8.01. The predicted molar refractivity (Wildman–Crippen MR) is 82.8 cm³/mol. The van der Waals surface area contributed by atoms with Crippen molar-refractivity contribution < 1.29 is 13.9 Å². The van der Waals surface area contributed by atoms with E-state index < -0.39 is 0 Å². The zero-order chi connectivity index (χ0) is 15.2. The van der Waals surface area contributed by atoms with Crippen molar-refractivity contribution in [2.75, 3.05) is 52.5 Å². The molecule has 1 amide bonds. The van der Waals surface area contributed by atoms with Gasteiger partial charge in [0.15, 0.2) is 5.76 Å². The van der Waals surface area contributed by atoms with Crippen LogP contribution in [0.5, 0.6) is 0 Å². The Bertz CT molecular complexity index is 477. The first-order valence-corrected chi connectivity index (χ1v) is 8.20. The number of carbonyl (C=O) groups excluding carboxylic acids is 1. The molecular formula is C16H25N3O3. The van der Waals surface area contributed by atoms with E-state index in [1.807, 2.05) is 6.07 Å². The number of rotatable bonds is 6. The van der Waals surface area contributed by atoms with E-state index in [0.29, 0.717) is 12.3 Å². The molecule has 0 spiro atoms. The van der Waals surface area contributed by atoms with Crippen LogP contribution in [0.4, 0.5) is 0 Å². The predicted octanol–water partition coefficient (Wildman–Crippen LogP) is 0.937. The average molecular weight is 307 g/mol. The van der Waals surface area contributed by atoms with Crippen LogP contribution in [0.1, 0.15) is 29.2 Å². The Kier molecular flexibility index (Phi) is 5.48. The van der Waals surface area contributed by atoms with Crippen LogP contribution in [0.3, 0.4) is 0 Å². The highest BCUT2D eigenvalue weighted by atomic mass is 16.5. The zero-order valence-corrected chi connectivity index (χ0v) is 13.1. The lowest BCUT2D eigenvalue weighted by atomic mass is 10.3. The number of likely N-dealkylation sites (tertiary alicyclic amines) is 1. The molecule has 2 aliphatic heterocycles. The van der Waals surface area contributed by atoms with Gasteiger partial charge in [-0.2, -0.15) is 0 Å². The maximum absolute atomic E-state index is 12.1. The Morgan fingerprint density at radius 1 is 1.09 bits per heavy atom. The number of nitrogens with one attached hydrogen (secondary N) is 1. The lowest BCUT2D eigenvalue weighted by Gasteiger charge is -2.26. The third-order valence-electron chi connectivity index (χ3n) is 4.28. The van der Waals surface area contributed by atoms with Crippen LogP contribution >= 0.6 is 0 Å². The number of hydrogen-bond acceptors (Lipinski definition) is 5. The van der Waals surface area contributed by atoms with Crippen LogP contribution in [0.25, 0.3) is 0 Å². The third kappa shape index (κ3) is 4.32. The normalized spacial score (nSPS) is 20.4. The van der Waals surface area contributed by atoms with Gasteiger partial charge in [-0.15, -0.1) is 0 Å². The van der Waals surface area contributed by atoms with E-state index in [4.69, 9.17) is 9.15 Å². The minimum absolute atomic E-state index is 0.124. The maximum Gasteiger partial charge on any atom is 0.287 e. The number of hydrogen-bond donors (Lipinski definition) is 1. The fraction of sp³-hybridized carbons (Fsp3) is 0.688. The molecule has 0 atom stereocenters. The first-order chi connectivity index (χ1) is 10.8. The summed E-state index contributed by atoms with van der Waals surface area (Å²) >= 11 is 0. The van der Waals surface area contributed by atoms with Crippen LogP contribution in [-0.4, -0.2) is 68.2 Å². The van der Waals surface area contributed by atoms with E-state index in [-0.39, 0.29) is 5.91 Å². The van der Waals surface area contributed by atoms with Crippen molar-refractivity contribution in [3.05, 3.63) is 23.7 Å². The fourth-order valence-electron chi connectivity index (χ4n) is 2.99. The molecule has 2 saturated heterocycles. The standard InChI is InChI=1S/C16H25N3O3/c20-16(17-5-8-18-9-11-21-12-10-18)15-4-3-14(22-15)13-19-6-1-2-7-19/h3-4H,1-2,5-13H2,(H,17,20). The van der Waals surface area contributed by atoms with Gasteiger partial charge in [0.05, 0.1) is 19.8 Å². The lowest BCUT2D eigenvalue weighted by molar-refractivity contribution is 0.0382. The van der Waals surface area contributed by atoms with Gasteiger partial charge in [-0.25, -0.2) is 0 Å². The summed E-state index contributed by atoms with van der Waals surface area (Å²) in [5.41, 5.74) is 0. The highest BCUT2D eigenvalue weighted by molar-refractivity contribution is 5.91. The first kappa shape index (κ1) is 15.5. The monoisotopic (exact) mass is 307 g/mol. The van der Waals surface area contributed by atoms with Gasteiger partial charge in [-0.05, 0) is 38.1 Å². The van der Waals surface area contributed by atoms with E-state index in [2.05, 4.69) is 15.1 Å². The SMILES string of the molecule is O=C(NCCN1CCOCC1)c1ccc(CN2CCCC2)o1. The second-order valence-corrected chi connectivity index (χ2v) is 5.96. The van der Waals surface area contributed by atoms with E-state index in [1.54, 1.807) is 6.07 Å². The van der Waals surface area contributed by atoms with Crippen LogP contribution in [0, 0.1) is 0 Å². The number of nitrogens with zero attached hydrogens (tertiary/aromatic N) is 2. The van der Waals surface area contributed by atoms with Crippen LogP contribution < -0.4 is 5.32 Å². The Morgan fingerprint density at radius 2 is 1.86 bits per heavy atom. The minimum Gasteiger partial charge on any atom is -0.455 e. The molecule has 6 heteroatoms. The van der Waals surface area contributed by atoms with Crippen molar-refractivity contribution in [1.29, 1.82) is 0 Å². The van der Waals surface area contributed by atoms with Gasteiger partial charge >= 0.3 is 0 Å². The topological polar surface area (TPSA) is 58.0 Å². The molecule has 3 rings (SSSR count). The molecule has 3 heterocycles. The molecule has 0 bridgehead atoms. The molecule has 0 unspecified atom stereocenters. The largest absolute Gasteiger partial charge is 0.455 e. The van der Waals surface area contributed by atoms with Gasteiger partial charge in [0.25, 0.3) is 5.91 Å². The van der Waals surface area contributed by atoms with Crippen molar-refractivity contribution >= 4 is 5.91 Å². The Morgan fingerprint density at radius 3 is 2.64 bits per heavy atom. The maximum atomic E-state index is 12.1. The van der Waals surface area contributed by atoms with Gasteiger partial charge < -0.3 is 14.5 Å². The molecule has 0 aliphatic carbocycles. The molecule has 0 saturated carbocycles. The van der Waals surface area contributed by atoms with E-state index in [0.717, 1.165) is 58.2 Å². The van der Waals surface area contributed by atoms with Crippen molar-refractivity contribution in [3.8, 4) is 0 Å². The molecule has 122 valence electrons. The van der Waals surface area contributed by atoms with Gasteiger partial charge in [0.1, 0.15) is 5.76 Å². The zero-order valence-electron chi connectivity index (χ0n) is 13.1. The number of morpholine rings is 1.